The first-order chi connectivity index (χ1) is 4.72. The van der Waals surface area contributed by atoms with Gasteiger partial charge in [-0.05, 0) is 6.92 Å². The third-order valence-electron chi connectivity index (χ3n) is 1.03. The Morgan fingerprint density at radius 2 is 2.30 bits per heavy atom. The molecule has 0 aliphatic carbocycles. The molecule has 0 aromatic rings. The van der Waals surface area contributed by atoms with Gasteiger partial charge < -0.3 is 5.73 Å². The van der Waals surface area contributed by atoms with Crippen molar-refractivity contribution in [1.29, 1.82) is 0 Å². The van der Waals surface area contributed by atoms with Gasteiger partial charge in [0.15, 0.2) is 0 Å². The summed E-state index contributed by atoms with van der Waals surface area (Å²) in [6, 6.07) is 0. The van der Waals surface area contributed by atoms with Crippen LogP contribution in [0.4, 0.5) is 0 Å². The molecule has 1 amide bonds. The standard InChI is InChI=1S/C6H14N2O2/c1-3-10-8(2)6(9)4-5-7/h3-5,7H2,1-2H3. The first-order valence-electron chi connectivity index (χ1n) is 3.32. The minimum absolute atomic E-state index is 0.0793. The summed E-state index contributed by atoms with van der Waals surface area (Å²) in [7, 11) is 1.58. The average Bonchev–Trinajstić information content (AvgIpc) is 1.89. The third-order valence-corrected chi connectivity index (χ3v) is 1.03. The molecule has 0 aliphatic heterocycles. The average molecular weight is 146 g/mol. The maximum atomic E-state index is 10.9. The van der Waals surface area contributed by atoms with Crippen molar-refractivity contribution in [1.82, 2.24) is 5.06 Å². The van der Waals surface area contributed by atoms with E-state index < -0.39 is 0 Å². The molecule has 0 radical (unpaired) electrons. The fraction of sp³-hybridized carbons (Fsp3) is 0.833. The highest BCUT2D eigenvalue weighted by Crippen LogP contribution is 1.89. The maximum Gasteiger partial charge on any atom is 0.247 e. The Bertz CT molecular complexity index is 106. The number of nitrogens with two attached hydrogens (primary N) is 1. The molecule has 4 nitrogen and oxygen atoms in total. The number of amides is 1. The predicted molar refractivity (Wildman–Crippen MR) is 38.1 cm³/mol. The minimum Gasteiger partial charge on any atom is -0.330 e. The summed E-state index contributed by atoms with van der Waals surface area (Å²) < 4.78 is 0. The van der Waals surface area contributed by atoms with E-state index in [9.17, 15) is 4.79 Å². The number of carbonyl (C=O) groups is 1. The highest BCUT2D eigenvalue weighted by atomic mass is 16.7. The van der Waals surface area contributed by atoms with E-state index in [-0.39, 0.29) is 5.91 Å². The number of hydrogen-bond donors (Lipinski definition) is 1. The van der Waals surface area contributed by atoms with Crippen LogP contribution in [0.25, 0.3) is 0 Å². The normalized spacial score (nSPS) is 9.50. The molecule has 0 bridgehead atoms. The summed E-state index contributed by atoms with van der Waals surface area (Å²) in [6.45, 7) is 2.70. The fourth-order valence-corrected chi connectivity index (χ4v) is 0.547. The largest absolute Gasteiger partial charge is 0.330 e. The van der Waals surface area contributed by atoms with E-state index in [1.54, 1.807) is 7.05 Å². The van der Waals surface area contributed by atoms with Gasteiger partial charge in [0, 0.05) is 20.0 Å². The lowest BCUT2D eigenvalue weighted by Gasteiger charge is -2.14. The van der Waals surface area contributed by atoms with Gasteiger partial charge >= 0.3 is 0 Å². The molecule has 0 spiro atoms. The molecule has 0 saturated carbocycles. The van der Waals surface area contributed by atoms with E-state index in [0.29, 0.717) is 19.6 Å². The Morgan fingerprint density at radius 1 is 1.70 bits per heavy atom. The number of hydroxylamine groups is 2. The lowest BCUT2D eigenvalue weighted by Crippen LogP contribution is -2.28. The zero-order valence-electron chi connectivity index (χ0n) is 6.46. The molecule has 0 rings (SSSR count). The van der Waals surface area contributed by atoms with Crippen molar-refractivity contribution in [2.24, 2.45) is 5.73 Å². The lowest BCUT2D eigenvalue weighted by atomic mass is 10.4. The lowest BCUT2D eigenvalue weighted by molar-refractivity contribution is -0.176. The summed E-state index contributed by atoms with van der Waals surface area (Å²) >= 11 is 0. The molecule has 60 valence electrons. The molecule has 10 heavy (non-hydrogen) atoms. The SMILES string of the molecule is CCON(C)C(=O)CCN. The Hall–Kier alpha value is -0.610. The second-order valence-corrected chi connectivity index (χ2v) is 1.85. The van der Waals surface area contributed by atoms with Gasteiger partial charge in [0.2, 0.25) is 5.91 Å². The van der Waals surface area contributed by atoms with Crippen LogP contribution >= 0.6 is 0 Å². The van der Waals surface area contributed by atoms with Crippen molar-refractivity contribution in [2.45, 2.75) is 13.3 Å². The van der Waals surface area contributed by atoms with Crippen molar-refractivity contribution in [2.75, 3.05) is 20.2 Å². The smallest absolute Gasteiger partial charge is 0.247 e. The van der Waals surface area contributed by atoms with Gasteiger partial charge in [-0.15, -0.1) is 0 Å². The molecule has 4 heteroatoms. The van der Waals surface area contributed by atoms with E-state index >= 15 is 0 Å². The van der Waals surface area contributed by atoms with Crippen LogP contribution in [0.3, 0.4) is 0 Å². The zero-order chi connectivity index (χ0) is 7.98. The third kappa shape index (κ3) is 3.42. The number of hydrogen-bond acceptors (Lipinski definition) is 3. The van der Waals surface area contributed by atoms with Crippen molar-refractivity contribution >= 4 is 5.91 Å². The summed E-state index contributed by atoms with van der Waals surface area (Å²) in [6.07, 6.45) is 0.344. The molecule has 0 aliphatic rings. The highest BCUT2D eigenvalue weighted by molar-refractivity contribution is 5.74. The molecule has 0 unspecified atom stereocenters. The predicted octanol–water partition coefficient (Wildman–Crippen LogP) is -0.255. The van der Waals surface area contributed by atoms with Crippen LogP contribution < -0.4 is 5.73 Å². The zero-order valence-corrected chi connectivity index (χ0v) is 6.46. The van der Waals surface area contributed by atoms with Crippen molar-refractivity contribution in [3.05, 3.63) is 0 Å². The van der Waals surface area contributed by atoms with Crippen LogP contribution in [0.15, 0.2) is 0 Å². The van der Waals surface area contributed by atoms with Gasteiger partial charge in [-0.3, -0.25) is 9.63 Å². The first-order valence-corrected chi connectivity index (χ1v) is 3.32. The molecule has 0 fully saturated rings. The van der Waals surface area contributed by atoms with Crippen molar-refractivity contribution < 1.29 is 9.63 Å². The Balaban J connectivity index is 3.49. The van der Waals surface area contributed by atoms with E-state index in [2.05, 4.69) is 0 Å². The van der Waals surface area contributed by atoms with Crippen LogP contribution in [-0.4, -0.2) is 31.2 Å². The number of rotatable bonds is 4. The molecule has 0 saturated heterocycles. The minimum atomic E-state index is -0.0793. The van der Waals surface area contributed by atoms with Gasteiger partial charge in [-0.25, -0.2) is 5.06 Å². The number of carbonyl (C=O) groups excluding carboxylic acids is 1. The van der Waals surface area contributed by atoms with Crippen LogP contribution in [0.1, 0.15) is 13.3 Å². The quantitative estimate of drug-likeness (QED) is 0.556. The molecule has 0 aromatic heterocycles. The van der Waals surface area contributed by atoms with Crippen LogP contribution in [0.2, 0.25) is 0 Å². The van der Waals surface area contributed by atoms with Gasteiger partial charge in [0.1, 0.15) is 0 Å². The fourth-order valence-electron chi connectivity index (χ4n) is 0.547. The van der Waals surface area contributed by atoms with E-state index in [0.717, 1.165) is 0 Å². The molecule has 0 heterocycles. The summed E-state index contributed by atoms with van der Waals surface area (Å²) in [5, 5.41) is 1.22. The molecule has 2 N–H and O–H groups in total. The Kier molecular flexibility index (Phi) is 4.88. The van der Waals surface area contributed by atoms with Gasteiger partial charge in [0.05, 0.1) is 6.61 Å². The summed E-state index contributed by atoms with van der Waals surface area (Å²) in [5.74, 6) is -0.0793. The molecule has 0 aromatic carbocycles. The maximum absolute atomic E-state index is 10.9. The van der Waals surface area contributed by atoms with Gasteiger partial charge in [-0.1, -0.05) is 0 Å². The van der Waals surface area contributed by atoms with E-state index in [1.807, 2.05) is 6.92 Å². The second kappa shape index (κ2) is 5.20. The Morgan fingerprint density at radius 3 is 2.70 bits per heavy atom. The van der Waals surface area contributed by atoms with Crippen LogP contribution in [-0.2, 0) is 9.63 Å². The molecule has 0 atom stereocenters. The molecular weight excluding hydrogens is 132 g/mol. The van der Waals surface area contributed by atoms with Gasteiger partial charge in [0.25, 0.3) is 0 Å². The van der Waals surface area contributed by atoms with Crippen molar-refractivity contribution in [3.8, 4) is 0 Å². The van der Waals surface area contributed by atoms with Crippen LogP contribution in [0.5, 0.6) is 0 Å². The highest BCUT2D eigenvalue weighted by Gasteiger charge is 2.05. The number of nitrogens with zero attached hydrogens (tertiary/aromatic N) is 1. The first kappa shape index (κ1) is 9.39. The van der Waals surface area contributed by atoms with E-state index in [4.69, 9.17) is 10.6 Å². The van der Waals surface area contributed by atoms with Crippen LogP contribution in [0, 0.1) is 0 Å². The monoisotopic (exact) mass is 146 g/mol. The second-order valence-electron chi connectivity index (χ2n) is 1.85. The van der Waals surface area contributed by atoms with Crippen molar-refractivity contribution in [3.63, 3.8) is 0 Å². The summed E-state index contributed by atoms with van der Waals surface area (Å²) in [4.78, 5) is 15.7. The van der Waals surface area contributed by atoms with E-state index in [1.165, 1.54) is 5.06 Å². The Labute approximate surface area is 60.9 Å². The topological polar surface area (TPSA) is 55.6 Å². The van der Waals surface area contributed by atoms with Gasteiger partial charge in [-0.2, -0.15) is 0 Å². The molecular formula is C6H14N2O2. The summed E-state index contributed by atoms with van der Waals surface area (Å²) in [5.41, 5.74) is 5.16.